The number of rotatable bonds is 7. The summed E-state index contributed by atoms with van der Waals surface area (Å²) in [5, 5.41) is 0. The lowest BCUT2D eigenvalue weighted by Gasteiger charge is -2.11. The zero-order chi connectivity index (χ0) is 20.1. The maximum absolute atomic E-state index is 12.2. The number of benzene rings is 2. The Kier molecular flexibility index (Phi) is 5.79. The monoisotopic (exact) mass is 379 g/mol. The SMILES string of the molecule is C=C(C)COc1ccc(C=C2N=C(c3cccc(OC)c3)OC2=O)cc1OC. The third kappa shape index (κ3) is 4.40. The van der Waals surface area contributed by atoms with E-state index in [2.05, 4.69) is 11.6 Å². The van der Waals surface area contributed by atoms with Gasteiger partial charge < -0.3 is 18.9 Å². The summed E-state index contributed by atoms with van der Waals surface area (Å²) in [7, 11) is 3.13. The number of ether oxygens (including phenoxy) is 4. The van der Waals surface area contributed by atoms with Gasteiger partial charge >= 0.3 is 5.97 Å². The van der Waals surface area contributed by atoms with Crippen LogP contribution in [0.15, 0.2) is 65.3 Å². The van der Waals surface area contributed by atoms with E-state index in [0.29, 0.717) is 29.4 Å². The fourth-order valence-electron chi connectivity index (χ4n) is 2.54. The second kappa shape index (κ2) is 8.43. The molecule has 6 heteroatoms. The Morgan fingerprint density at radius 3 is 2.68 bits per heavy atom. The predicted octanol–water partition coefficient (Wildman–Crippen LogP) is 4.00. The minimum absolute atomic E-state index is 0.204. The van der Waals surface area contributed by atoms with E-state index < -0.39 is 5.97 Å². The minimum Gasteiger partial charge on any atom is -0.497 e. The molecule has 2 aromatic rings. The van der Waals surface area contributed by atoms with Crippen LogP contribution in [0.1, 0.15) is 18.1 Å². The highest BCUT2D eigenvalue weighted by atomic mass is 16.6. The second-order valence-electron chi connectivity index (χ2n) is 6.22. The van der Waals surface area contributed by atoms with E-state index in [0.717, 1.165) is 11.1 Å². The number of cyclic esters (lactones) is 1. The molecule has 6 nitrogen and oxygen atoms in total. The molecule has 1 heterocycles. The zero-order valence-corrected chi connectivity index (χ0v) is 16.0. The smallest absolute Gasteiger partial charge is 0.363 e. The van der Waals surface area contributed by atoms with Gasteiger partial charge in [-0.2, -0.15) is 0 Å². The molecule has 0 saturated carbocycles. The lowest BCUT2D eigenvalue weighted by molar-refractivity contribution is -0.129. The molecule has 3 rings (SSSR count). The number of carbonyl (C=O) groups excluding carboxylic acids is 1. The third-order valence-corrected chi connectivity index (χ3v) is 3.90. The van der Waals surface area contributed by atoms with Gasteiger partial charge in [-0.1, -0.05) is 18.7 Å². The summed E-state index contributed by atoms with van der Waals surface area (Å²) in [6.07, 6.45) is 1.64. The van der Waals surface area contributed by atoms with Crippen molar-refractivity contribution in [1.29, 1.82) is 0 Å². The van der Waals surface area contributed by atoms with Crippen LogP contribution in [-0.4, -0.2) is 32.7 Å². The topological polar surface area (TPSA) is 66.3 Å². The van der Waals surface area contributed by atoms with E-state index >= 15 is 0 Å². The molecule has 0 atom stereocenters. The number of esters is 1. The van der Waals surface area contributed by atoms with Crippen LogP contribution in [0.3, 0.4) is 0 Å². The Morgan fingerprint density at radius 2 is 1.96 bits per heavy atom. The van der Waals surface area contributed by atoms with E-state index in [9.17, 15) is 4.79 Å². The number of aliphatic imine (C=N–C) groups is 1. The number of hydrogen-bond acceptors (Lipinski definition) is 6. The fourth-order valence-corrected chi connectivity index (χ4v) is 2.54. The Balaban J connectivity index is 1.86. The molecule has 0 unspecified atom stereocenters. The zero-order valence-electron chi connectivity index (χ0n) is 16.0. The number of methoxy groups -OCH3 is 2. The summed E-state index contributed by atoms with van der Waals surface area (Å²) < 4.78 is 21.5. The number of nitrogens with zero attached hydrogens (tertiary/aromatic N) is 1. The Morgan fingerprint density at radius 1 is 1.14 bits per heavy atom. The predicted molar refractivity (Wildman–Crippen MR) is 107 cm³/mol. The van der Waals surface area contributed by atoms with Crippen molar-refractivity contribution in [1.82, 2.24) is 0 Å². The summed E-state index contributed by atoms with van der Waals surface area (Å²) in [5.41, 5.74) is 2.51. The van der Waals surface area contributed by atoms with Gasteiger partial charge in [0, 0.05) is 5.56 Å². The first kappa shape index (κ1) is 19.2. The van der Waals surface area contributed by atoms with Crippen molar-refractivity contribution in [3.63, 3.8) is 0 Å². The standard InChI is InChI=1S/C22H21NO5/c1-14(2)13-27-19-9-8-15(11-20(19)26-4)10-18-22(24)28-21(23-18)16-6-5-7-17(12-16)25-3/h5-12H,1,13H2,2-4H3. The van der Waals surface area contributed by atoms with Gasteiger partial charge in [-0.05, 0) is 54.5 Å². The summed E-state index contributed by atoms with van der Waals surface area (Å²) in [4.78, 5) is 16.5. The first-order valence-corrected chi connectivity index (χ1v) is 8.62. The van der Waals surface area contributed by atoms with E-state index in [4.69, 9.17) is 18.9 Å². The Bertz CT molecular complexity index is 975. The molecule has 1 aliphatic heterocycles. The van der Waals surface area contributed by atoms with Crippen molar-refractivity contribution in [3.8, 4) is 17.2 Å². The molecule has 2 aromatic carbocycles. The van der Waals surface area contributed by atoms with Gasteiger partial charge in [0.15, 0.2) is 17.2 Å². The molecule has 28 heavy (non-hydrogen) atoms. The van der Waals surface area contributed by atoms with Gasteiger partial charge in [0.2, 0.25) is 5.90 Å². The molecule has 0 saturated heterocycles. The molecular formula is C22H21NO5. The van der Waals surface area contributed by atoms with Gasteiger partial charge in [-0.3, -0.25) is 0 Å². The lowest BCUT2D eigenvalue weighted by atomic mass is 10.1. The quantitative estimate of drug-likeness (QED) is 0.413. The molecule has 0 bridgehead atoms. The molecule has 0 spiro atoms. The van der Waals surface area contributed by atoms with Gasteiger partial charge in [-0.15, -0.1) is 0 Å². The van der Waals surface area contributed by atoms with Gasteiger partial charge in [0.05, 0.1) is 14.2 Å². The van der Waals surface area contributed by atoms with Crippen molar-refractivity contribution in [2.45, 2.75) is 6.92 Å². The van der Waals surface area contributed by atoms with Crippen LogP contribution in [0.5, 0.6) is 17.2 Å². The van der Waals surface area contributed by atoms with E-state index in [1.165, 1.54) is 0 Å². The summed E-state index contributed by atoms with van der Waals surface area (Å²) >= 11 is 0. The first-order valence-electron chi connectivity index (χ1n) is 8.62. The van der Waals surface area contributed by atoms with Crippen molar-refractivity contribution in [2.75, 3.05) is 20.8 Å². The van der Waals surface area contributed by atoms with E-state index in [-0.39, 0.29) is 11.6 Å². The summed E-state index contributed by atoms with van der Waals surface area (Å²) in [6, 6.07) is 12.5. The molecule has 0 radical (unpaired) electrons. The van der Waals surface area contributed by atoms with Crippen LogP contribution < -0.4 is 14.2 Å². The van der Waals surface area contributed by atoms with Crippen LogP contribution in [0.2, 0.25) is 0 Å². The normalized spacial score (nSPS) is 14.5. The molecular weight excluding hydrogens is 358 g/mol. The van der Waals surface area contributed by atoms with E-state index in [1.807, 2.05) is 13.0 Å². The highest BCUT2D eigenvalue weighted by Crippen LogP contribution is 2.30. The lowest BCUT2D eigenvalue weighted by Crippen LogP contribution is -2.05. The molecule has 0 aromatic heterocycles. The molecule has 0 aliphatic carbocycles. The first-order chi connectivity index (χ1) is 13.5. The van der Waals surface area contributed by atoms with Crippen LogP contribution in [0.25, 0.3) is 6.08 Å². The van der Waals surface area contributed by atoms with Crippen molar-refractivity contribution in [3.05, 3.63) is 71.4 Å². The Labute approximate surface area is 163 Å². The van der Waals surface area contributed by atoms with Gasteiger partial charge in [0.25, 0.3) is 0 Å². The van der Waals surface area contributed by atoms with Crippen LogP contribution in [0.4, 0.5) is 0 Å². The number of carbonyl (C=O) groups is 1. The van der Waals surface area contributed by atoms with Gasteiger partial charge in [0.1, 0.15) is 12.4 Å². The van der Waals surface area contributed by atoms with Crippen LogP contribution in [-0.2, 0) is 9.53 Å². The highest BCUT2D eigenvalue weighted by molar-refractivity contribution is 6.13. The van der Waals surface area contributed by atoms with Crippen LogP contribution in [0, 0.1) is 0 Å². The molecule has 1 aliphatic rings. The minimum atomic E-state index is -0.514. The molecule has 144 valence electrons. The van der Waals surface area contributed by atoms with Crippen molar-refractivity contribution in [2.24, 2.45) is 4.99 Å². The molecule has 0 fully saturated rings. The Hall–Kier alpha value is -3.54. The fraction of sp³-hybridized carbons (Fsp3) is 0.182. The van der Waals surface area contributed by atoms with Crippen LogP contribution >= 0.6 is 0 Å². The average molecular weight is 379 g/mol. The third-order valence-electron chi connectivity index (χ3n) is 3.90. The maximum atomic E-state index is 12.2. The molecule has 0 N–H and O–H groups in total. The maximum Gasteiger partial charge on any atom is 0.363 e. The van der Waals surface area contributed by atoms with E-state index in [1.54, 1.807) is 56.7 Å². The van der Waals surface area contributed by atoms with Crippen molar-refractivity contribution >= 4 is 17.9 Å². The van der Waals surface area contributed by atoms with Gasteiger partial charge in [-0.25, -0.2) is 9.79 Å². The number of hydrogen-bond donors (Lipinski definition) is 0. The largest absolute Gasteiger partial charge is 0.497 e. The highest BCUT2D eigenvalue weighted by Gasteiger charge is 2.24. The van der Waals surface area contributed by atoms with Crippen molar-refractivity contribution < 1.29 is 23.7 Å². The summed E-state index contributed by atoms with van der Waals surface area (Å²) in [6.45, 7) is 6.10. The average Bonchev–Trinajstić information content (AvgIpc) is 3.07. The molecule has 0 amide bonds. The summed E-state index contributed by atoms with van der Waals surface area (Å²) in [5.74, 6) is 1.54. The second-order valence-corrected chi connectivity index (χ2v) is 6.22.